The topological polar surface area (TPSA) is 86.7 Å². The van der Waals surface area contributed by atoms with E-state index in [-0.39, 0.29) is 17.4 Å². The van der Waals surface area contributed by atoms with Gasteiger partial charge in [-0.3, -0.25) is 9.59 Å². The Morgan fingerprint density at radius 2 is 1.94 bits per heavy atom. The van der Waals surface area contributed by atoms with Crippen molar-refractivity contribution in [2.45, 2.75) is 13.0 Å². The Morgan fingerprint density at radius 3 is 2.31 bits per heavy atom. The van der Waals surface area contributed by atoms with Crippen molar-refractivity contribution >= 4 is 29.5 Å². The lowest BCUT2D eigenvalue weighted by Crippen LogP contribution is -2.41. The molecule has 0 heterocycles. The molecular formula is C9H16N2O4S. The lowest BCUT2D eigenvalue weighted by atomic mass is 10.3. The predicted octanol–water partition coefficient (Wildman–Crippen LogP) is -0.603. The second-order valence-electron chi connectivity index (χ2n) is 3.39. The molecule has 2 N–H and O–H groups in total. The molecule has 0 aliphatic carbocycles. The molecule has 0 aliphatic rings. The summed E-state index contributed by atoms with van der Waals surface area (Å²) in [7, 11) is 3.26. The smallest absolute Gasteiger partial charge is 0.327 e. The molecule has 0 saturated heterocycles. The molecule has 0 aromatic carbocycles. The predicted molar refractivity (Wildman–Crippen MR) is 61.3 cm³/mol. The van der Waals surface area contributed by atoms with E-state index in [1.807, 2.05) is 0 Å². The van der Waals surface area contributed by atoms with Crippen LogP contribution in [0.15, 0.2) is 0 Å². The third kappa shape index (κ3) is 6.28. The van der Waals surface area contributed by atoms with E-state index in [1.54, 1.807) is 14.1 Å². The van der Waals surface area contributed by atoms with E-state index < -0.39 is 17.9 Å². The second kappa shape index (κ2) is 7.10. The average molecular weight is 248 g/mol. The van der Waals surface area contributed by atoms with Crippen molar-refractivity contribution in [1.29, 1.82) is 0 Å². The summed E-state index contributed by atoms with van der Waals surface area (Å²) in [5, 5.41) is 11.1. The van der Waals surface area contributed by atoms with Crippen LogP contribution in [0.5, 0.6) is 0 Å². The number of amides is 2. The number of hydrogen-bond donors (Lipinski definition) is 2. The molecule has 0 bridgehead atoms. The van der Waals surface area contributed by atoms with Gasteiger partial charge in [-0.1, -0.05) is 0 Å². The van der Waals surface area contributed by atoms with Crippen LogP contribution >= 0.6 is 11.8 Å². The molecule has 92 valence electrons. The van der Waals surface area contributed by atoms with Gasteiger partial charge in [0.15, 0.2) is 0 Å². The molecule has 6 nitrogen and oxygen atoms in total. The third-order valence-electron chi connectivity index (χ3n) is 1.68. The zero-order valence-corrected chi connectivity index (χ0v) is 10.3. The number of carboxylic acids is 1. The number of nitrogens with one attached hydrogen (secondary N) is 1. The van der Waals surface area contributed by atoms with E-state index in [9.17, 15) is 14.4 Å². The van der Waals surface area contributed by atoms with E-state index >= 15 is 0 Å². The molecule has 0 aliphatic heterocycles. The van der Waals surface area contributed by atoms with Gasteiger partial charge >= 0.3 is 5.97 Å². The highest BCUT2D eigenvalue weighted by atomic mass is 32.2. The summed E-state index contributed by atoms with van der Waals surface area (Å²) in [5.41, 5.74) is 0. The van der Waals surface area contributed by atoms with E-state index in [1.165, 1.54) is 23.6 Å². The van der Waals surface area contributed by atoms with Gasteiger partial charge in [0.2, 0.25) is 11.8 Å². The Hall–Kier alpha value is -1.24. The SMILES string of the molecule is CC(=O)N[C@@H](CSCC(=O)N(C)C)C(=O)O. The first-order valence-electron chi connectivity index (χ1n) is 4.62. The van der Waals surface area contributed by atoms with Gasteiger partial charge in [0.25, 0.3) is 0 Å². The van der Waals surface area contributed by atoms with Crippen molar-refractivity contribution < 1.29 is 19.5 Å². The van der Waals surface area contributed by atoms with Crippen molar-refractivity contribution in [3.8, 4) is 0 Å². The highest BCUT2D eigenvalue weighted by molar-refractivity contribution is 8.00. The van der Waals surface area contributed by atoms with Gasteiger partial charge in [-0.2, -0.15) is 0 Å². The fourth-order valence-electron chi connectivity index (χ4n) is 0.813. The number of aliphatic carboxylic acids is 1. The molecule has 0 fully saturated rings. The minimum absolute atomic E-state index is 0.0861. The number of nitrogens with zero attached hydrogens (tertiary/aromatic N) is 1. The first-order chi connectivity index (χ1) is 7.34. The molecule has 0 aromatic heterocycles. The standard InChI is InChI=1S/C9H16N2O4S/c1-6(12)10-7(9(14)15)4-16-5-8(13)11(2)3/h7H,4-5H2,1-3H3,(H,10,12)(H,14,15)/t7-/m0/s1. The van der Waals surface area contributed by atoms with E-state index in [4.69, 9.17) is 5.11 Å². The van der Waals surface area contributed by atoms with Crippen molar-refractivity contribution in [1.82, 2.24) is 10.2 Å². The van der Waals surface area contributed by atoms with Crippen molar-refractivity contribution in [2.24, 2.45) is 0 Å². The Bertz CT molecular complexity index is 281. The maximum atomic E-state index is 11.2. The molecule has 1 atom stereocenters. The van der Waals surface area contributed by atoms with Crippen LogP contribution < -0.4 is 5.32 Å². The average Bonchev–Trinajstić information content (AvgIpc) is 2.14. The number of carboxylic acid groups (broad SMARTS) is 1. The summed E-state index contributed by atoms with van der Waals surface area (Å²) in [6, 6.07) is -0.947. The molecule has 0 rings (SSSR count). The minimum atomic E-state index is -1.10. The summed E-state index contributed by atoms with van der Waals surface area (Å²) in [6.45, 7) is 1.26. The van der Waals surface area contributed by atoms with E-state index in [2.05, 4.69) is 5.32 Å². The summed E-state index contributed by atoms with van der Waals surface area (Å²) >= 11 is 1.18. The number of carbonyl (C=O) groups excluding carboxylic acids is 2. The zero-order valence-electron chi connectivity index (χ0n) is 9.52. The zero-order chi connectivity index (χ0) is 12.7. The molecule has 0 saturated carbocycles. The van der Waals surface area contributed by atoms with Crippen LogP contribution in [0.25, 0.3) is 0 Å². The highest BCUT2D eigenvalue weighted by Crippen LogP contribution is 2.04. The second-order valence-corrected chi connectivity index (χ2v) is 4.42. The monoisotopic (exact) mass is 248 g/mol. The van der Waals surface area contributed by atoms with Gasteiger partial charge in [-0.05, 0) is 0 Å². The van der Waals surface area contributed by atoms with E-state index in [0.717, 1.165) is 0 Å². The van der Waals surface area contributed by atoms with Gasteiger partial charge < -0.3 is 15.3 Å². The van der Waals surface area contributed by atoms with Crippen molar-refractivity contribution in [3.63, 3.8) is 0 Å². The fraction of sp³-hybridized carbons (Fsp3) is 0.667. The molecule has 0 aromatic rings. The summed E-state index contributed by atoms with van der Waals surface area (Å²) in [6.07, 6.45) is 0. The van der Waals surface area contributed by atoms with Crippen molar-refractivity contribution in [3.05, 3.63) is 0 Å². The molecule has 16 heavy (non-hydrogen) atoms. The first-order valence-corrected chi connectivity index (χ1v) is 5.78. The van der Waals surface area contributed by atoms with Gasteiger partial charge in [0.1, 0.15) is 6.04 Å². The van der Waals surface area contributed by atoms with Gasteiger partial charge in [0, 0.05) is 26.8 Å². The maximum Gasteiger partial charge on any atom is 0.327 e. The Morgan fingerprint density at radius 1 is 1.38 bits per heavy atom. The molecule has 0 radical (unpaired) electrons. The normalized spacial score (nSPS) is 11.7. The highest BCUT2D eigenvalue weighted by Gasteiger charge is 2.18. The number of thioether (sulfide) groups is 1. The number of hydrogen-bond acceptors (Lipinski definition) is 4. The lowest BCUT2D eigenvalue weighted by Gasteiger charge is -2.14. The van der Waals surface area contributed by atoms with Crippen molar-refractivity contribution in [2.75, 3.05) is 25.6 Å². The van der Waals surface area contributed by atoms with Crippen LogP contribution in [-0.2, 0) is 14.4 Å². The van der Waals surface area contributed by atoms with Gasteiger partial charge in [-0.25, -0.2) is 4.79 Å². The number of carbonyl (C=O) groups is 3. The van der Waals surface area contributed by atoms with Crippen LogP contribution in [0.4, 0.5) is 0 Å². The first kappa shape index (κ1) is 14.8. The Balaban J connectivity index is 3.99. The van der Waals surface area contributed by atoms with Crippen LogP contribution in [0.1, 0.15) is 6.92 Å². The summed E-state index contributed by atoms with van der Waals surface area (Å²) in [5.74, 6) is -1.20. The molecule has 0 spiro atoms. The molecular weight excluding hydrogens is 232 g/mol. The number of rotatable bonds is 6. The lowest BCUT2D eigenvalue weighted by molar-refractivity contribution is -0.140. The molecule has 7 heteroatoms. The minimum Gasteiger partial charge on any atom is -0.480 e. The van der Waals surface area contributed by atoms with Crippen LogP contribution in [0.3, 0.4) is 0 Å². The van der Waals surface area contributed by atoms with Crippen LogP contribution in [0.2, 0.25) is 0 Å². The molecule has 0 unspecified atom stereocenters. The van der Waals surface area contributed by atoms with Gasteiger partial charge in [0.05, 0.1) is 5.75 Å². The van der Waals surface area contributed by atoms with E-state index in [0.29, 0.717) is 0 Å². The van der Waals surface area contributed by atoms with Gasteiger partial charge in [-0.15, -0.1) is 11.8 Å². The largest absolute Gasteiger partial charge is 0.480 e. The quantitative estimate of drug-likeness (QED) is 0.655. The third-order valence-corrected chi connectivity index (χ3v) is 2.70. The van der Waals surface area contributed by atoms with Crippen LogP contribution in [0, 0.1) is 0 Å². The Labute approximate surface area is 98.4 Å². The van der Waals surface area contributed by atoms with Crippen LogP contribution in [-0.4, -0.2) is 59.4 Å². The maximum absolute atomic E-state index is 11.2. The Kier molecular flexibility index (Phi) is 6.55. The summed E-state index contributed by atoms with van der Waals surface area (Å²) in [4.78, 5) is 34.0. The summed E-state index contributed by atoms with van der Waals surface area (Å²) < 4.78 is 0. The molecule has 2 amide bonds. The fourth-order valence-corrected chi connectivity index (χ4v) is 1.83.